The fraction of sp³-hybridized carbons (Fsp3) is 0.0164. The van der Waals surface area contributed by atoms with Gasteiger partial charge in [0.2, 0.25) is 0 Å². The largest absolute Gasteiger partial charge is 0.456 e. The van der Waals surface area contributed by atoms with E-state index < -0.39 is 5.41 Å². The highest BCUT2D eigenvalue weighted by Crippen LogP contribution is 2.57. The maximum Gasteiger partial charge on any atom is 0.137 e. The summed E-state index contributed by atoms with van der Waals surface area (Å²) in [4.78, 5) is 2.37. The Morgan fingerprint density at radius 1 is 0.297 bits per heavy atom. The van der Waals surface area contributed by atoms with Crippen molar-refractivity contribution in [3.63, 3.8) is 0 Å². The molecule has 3 heteroatoms. The van der Waals surface area contributed by atoms with Gasteiger partial charge in [-0.1, -0.05) is 176 Å². The molecule has 2 aromatic heterocycles. The Hall–Kier alpha value is -8.40. The number of anilines is 3. The van der Waals surface area contributed by atoms with Crippen LogP contribution in [-0.4, -0.2) is 0 Å². The summed E-state index contributed by atoms with van der Waals surface area (Å²) in [5.41, 5.74) is 18.1. The second kappa shape index (κ2) is 14.3. The first-order valence-electron chi connectivity index (χ1n) is 21.9. The highest BCUT2D eigenvalue weighted by Gasteiger charge is 2.46. The van der Waals surface area contributed by atoms with Crippen molar-refractivity contribution < 1.29 is 8.83 Å². The fourth-order valence-electron chi connectivity index (χ4n) is 10.5. The van der Waals surface area contributed by atoms with E-state index in [-0.39, 0.29) is 0 Å². The van der Waals surface area contributed by atoms with Crippen molar-refractivity contribution >= 4 is 60.9 Å². The molecule has 0 unspecified atom stereocenters. The summed E-state index contributed by atoms with van der Waals surface area (Å²) in [6.45, 7) is 0. The first kappa shape index (κ1) is 36.3. The molecule has 0 N–H and O–H groups in total. The molecular formula is C61H39NO2. The van der Waals surface area contributed by atoms with Crippen molar-refractivity contribution in [2.45, 2.75) is 5.41 Å². The molecule has 1 aliphatic rings. The van der Waals surface area contributed by atoms with Crippen LogP contribution >= 0.6 is 0 Å². The molecular weight excluding hydrogens is 779 g/mol. The van der Waals surface area contributed by atoms with Crippen molar-refractivity contribution in [1.82, 2.24) is 0 Å². The van der Waals surface area contributed by atoms with Gasteiger partial charge in [-0.05, 0) is 110 Å². The van der Waals surface area contributed by atoms with E-state index in [4.69, 9.17) is 8.83 Å². The Morgan fingerprint density at radius 3 is 1.55 bits per heavy atom. The van der Waals surface area contributed by atoms with Gasteiger partial charge < -0.3 is 13.7 Å². The summed E-state index contributed by atoms with van der Waals surface area (Å²) in [6, 6.07) is 85.2. The molecule has 13 rings (SSSR count). The molecule has 0 aliphatic heterocycles. The smallest absolute Gasteiger partial charge is 0.137 e. The average Bonchev–Trinajstić information content (AvgIpc) is 4.02. The molecule has 0 bridgehead atoms. The van der Waals surface area contributed by atoms with E-state index in [9.17, 15) is 0 Å². The zero-order valence-electron chi connectivity index (χ0n) is 34.8. The highest BCUT2D eigenvalue weighted by molar-refractivity contribution is 6.18. The van der Waals surface area contributed by atoms with Gasteiger partial charge in [0.15, 0.2) is 0 Å². The second-order valence-corrected chi connectivity index (χ2v) is 16.8. The topological polar surface area (TPSA) is 29.5 Å². The summed E-state index contributed by atoms with van der Waals surface area (Å²) < 4.78 is 13.4. The van der Waals surface area contributed by atoms with Crippen molar-refractivity contribution in [2.24, 2.45) is 0 Å². The fourth-order valence-corrected chi connectivity index (χ4v) is 10.5. The van der Waals surface area contributed by atoms with Gasteiger partial charge in [-0.25, -0.2) is 0 Å². The number of furan rings is 2. The van der Waals surface area contributed by atoms with Crippen molar-refractivity contribution in [2.75, 3.05) is 4.90 Å². The lowest BCUT2D eigenvalue weighted by Gasteiger charge is -2.35. The van der Waals surface area contributed by atoms with Crippen LogP contribution in [-0.2, 0) is 5.41 Å². The minimum Gasteiger partial charge on any atom is -0.456 e. The van der Waals surface area contributed by atoms with E-state index in [1.807, 2.05) is 0 Å². The number of nitrogens with zero attached hydrogens (tertiary/aromatic N) is 1. The van der Waals surface area contributed by atoms with Crippen LogP contribution in [0.15, 0.2) is 245 Å². The molecule has 0 fully saturated rings. The molecule has 10 aromatic carbocycles. The maximum atomic E-state index is 6.86. The van der Waals surface area contributed by atoms with Gasteiger partial charge in [0.05, 0.1) is 5.41 Å². The quantitative estimate of drug-likeness (QED) is 0.160. The van der Waals surface area contributed by atoms with E-state index in [1.54, 1.807) is 0 Å². The first-order valence-corrected chi connectivity index (χ1v) is 21.9. The predicted octanol–water partition coefficient (Wildman–Crippen LogP) is 16.7. The Labute approximate surface area is 370 Å². The Balaban J connectivity index is 1.01. The maximum absolute atomic E-state index is 6.86. The van der Waals surface area contributed by atoms with Crippen LogP contribution in [0.2, 0.25) is 0 Å². The molecule has 0 atom stereocenters. The van der Waals surface area contributed by atoms with E-state index in [1.165, 1.54) is 44.5 Å². The first-order chi connectivity index (χ1) is 31.7. The van der Waals surface area contributed by atoms with E-state index in [0.29, 0.717) is 0 Å². The molecule has 0 saturated carbocycles. The third-order valence-corrected chi connectivity index (χ3v) is 13.3. The summed E-state index contributed by atoms with van der Waals surface area (Å²) in [6.07, 6.45) is 0. The number of hydrogen-bond donors (Lipinski definition) is 0. The third kappa shape index (κ3) is 5.47. The van der Waals surface area contributed by atoms with E-state index in [0.717, 1.165) is 72.1 Å². The monoisotopic (exact) mass is 817 g/mol. The van der Waals surface area contributed by atoms with E-state index in [2.05, 4.69) is 241 Å². The number of benzene rings is 10. The zero-order chi connectivity index (χ0) is 42.2. The summed E-state index contributed by atoms with van der Waals surface area (Å²) in [7, 11) is 0. The average molecular weight is 818 g/mol. The molecule has 64 heavy (non-hydrogen) atoms. The molecule has 0 radical (unpaired) electrons. The lowest BCUT2D eigenvalue weighted by atomic mass is 9.67. The van der Waals surface area contributed by atoms with E-state index >= 15 is 0 Å². The summed E-state index contributed by atoms with van der Waals surface area (Å²) in [5.74, 6) is 0. The SMILES string of the molecule is c1ccc(-c2ccc(N(c3ccc4c(c3)C(c3ccccc3)(c3ccccc3)c3ccccc3-4)c3ccc4c(c3)oc3cc5c(cc34)oc3cccc(-c4ccccc4)c35)cc2)cc1. The van der Waals surface area contributed by atoms with Crippen LogP contribution in [0, 0.1) is 0 Å². The Morgan fingerprint density at radius 2 is 0.812 bits per heavy atom. The third-order valence-electron chi connectivity index (χ3n) is 13.3. The normalized spacial score (nSPS) is 12.8. The van der Waals surface area contributed by atoms with Crippen molar-refractivity contribution in [3.8, 4) is 33.4 Å². The standard InChI is InChI=1S/C61H39NO2/c1-5-16-40(17-6-1)41-28-30-45(31-29-41)62(46-32-34-50-49-24-13-14-26-54(49)61(55(50)36-46,43-20-9-3-10-21-43)44-22-11-4-12-23-44)47-33-35-51-52-38-59-53(39-58(52)64-57(51)37-47)60-48(25-15-27-56(60)63-59)42-18-7-2-8-19-42/h1-39H. The molecule has 0 saturated heterocycles. The van der Waals surface area contributed by atoms with Gasteiger partial charge in [0, 0.05) is 44.7 Å². The van der Waals surface area contributed by atoms with Crippen LogP contribution in [0.3, 0.4) is 0 Å². The molecule has 1 aliphatic carbocycles. The second-order valence-electron chi connectivity index (χ2n) is 16.8. The number of rotatable bonds is 7. The van der Waals surface area contributed by atoms with Crippen LogP contribution in [0.25, 0.3) is 77.3 Å². The summed E-state index contributed by atoms with van der Waals surface area (Å²) >= 11 is 0. The van der Waals surface area contributed by atoms with Gasteiger partial charge in [-0.15, -0.1) is 0 Å². The lowest BCUT2D eigenvalue weighted by Crippen LogP contribution is -2.28. The predicted molar refractivity (Wildman–Crippen MR) is 264 cm³/mol. The molecule has 12 aromatic rings. The molecule has 2 heterocycles. The minimum absolute atomic E-state index is 0.530. The zero-order valence-corrected chi connectivity index (χ0v) is 34.8. The summed E-state index contributed by atoms with van der Waals surface area (Å²) in [5, 5.41) is 4.21. The van der Waals surface area contributed by atoms with Gasteiger partial charge in [-0.3, -0.25) is 0 Å². The van der Waals surface area contributed by atoms with Gasteiger partial charge >= 0.3 is 0 Å². The van der Waals surface area contributed by atoms with Crippen LogP contribution in [0.5, 0.6) is 0 Å². The van der Waals surface area contributed by atoms with Crippen LogP contribution < -0.4 is 4.90 Å². The lowest BCUT2D eigenvalue weighted by molar-refractivity contribution is 0.664. The minimum atomic E-state index is -0.530. The molecule has 0 amide bonds. The van der Waals surface area contributed by atoms with Crippen molar-refractivity contribution in [1.29, 1.82) is 0 Å². The van der Waals surface area contributed by atoms with Crippen molar-refractivity contribution in [3.05, 3.63) is 259 Å². The number of hydrogen-bond acceptors (Lipinski definition) is 3. The van der Waals surface area contributed by atoms with Crippen LogP contribution in [0.1, 0.15) is 22.3 Å². The molecule has 3 nitrogen and oxygen atoms in total. The van der Waals surface area contributed by atoms with Crippen LogP contribution in [0.4, 0.5) is 17.1 Å². The molecule has 300 valence electrons. The Bertz CT molecular complexity index is 3660. The highest BCUT2D eigenvalue weighted by atomic mass is 16.3. The Kier molecular flexibility index (Phi) is 8.13. The van der Waals surface area contributed by atoms with Gasteiger partial charge in [0.25, 0.3) is 0 Å². The number of fused-ring (bicyclic) bond motifs is 9. The van der Waals surface area contributed by atoms with Gasteiger partial charge in [0.1, 0.15) is 22.3 Å². The molecule has 0 spiro atoms. The van der Waals surface area contributed by atoms with Gasteiger partial charge in [-0.2, -0.15) is 0 Å².